The Morgan fingerprint density at radius 1 is 1.20 bits per heavy atom. The number of rotatable bonds is 3. The Balaban J connectivity index is 2.21. The molecule has 0 bridgehead atoms. The van der Waals surface area contributed by atoms with E-state index in [9.17, 15) is 18.3 Å². The Labute approximate surface area is 115 Å². The molecule has 112 valence electrons. The molecule has 0 aliphatic carbocycles. The highest BCUT2D eigenvalue weighted by Gasteiger charge is 2.39. The predicted octanol–water partition coefficient (Wildman–Crippen LogP) is 2.49. The highest BCUT2D eigenvalue weighted by Crippen LogP contribution is 2.42. The van der Waals surface area contributed by atoms with E-state index in [-0.39, 0.29) is 6.54 Å². The summed E-state index contributed by atoms with van der Waals surface area (Å²) in [6.45, 7) is 1.29. The van der Waals surface area contributed by atoms with Crippen molar-refractivity contribution in [3.05, 3.63) is 35.4 Å². The molecule has 1 fully saturated rings. The van der Waals surface area contributed by atoms with Gasteiger partial charge in [0.2, 0.25) is 0 Å². The molecule has 1 aliphatic heterocycles. The van der Waals surface area contributed by atoms with E-state index in [2.05, 4.69) is 0 Å². The topological polar surface area (TPSA) is 55.5 Å². The number of aliphatic hydroxyl groups excluding tert-OH is 1. The number of hydrogen-bond acceptors (Lipinski definition) is 3. The smallest absolute Gasteiger partial charge is 0.388 e. The van der Waals surface area contributed by atoms with Crippen LogP contribution in [0.4, 0.5) is 13.2 Å². The van der Waals surface area contributed by atoms with Crippen LogP contribution in [-0.4, -0.2) is 24.9 Å². The van der Waals surface area contributed by atoms with Crippen LogP contribution in [-0.2, 0) is 10.9 Å². The van der Waals surface area contributed by atoms with Crippen molar-refractivity contribution in [3.8, 4) is 0 Å². The molecular weight excluding hydrogens is 271 g/mol. The van der Waals surface area contributed by atoms with Crippen LogP contribution >= 0.6 is 0 Å². The lowest BCUT2D eigenvalue weighted by atomic mass is 9.73. The largest absolute Gasteiger partial charge is 0.416 e. The molecule has 20 heavy (non-hydrogen) atoms. The van der Waals surface area contributed by atoms with Gasteiger partial charge in [0.25, 0.3) is 0 Å². The zero-order valence-electron chi connectivity index (χ0n) is 11.0. The first kappa shape index (κ1) is 15.3. The molecule has 1 unspecified atom stereocenters. The van der Waals surface area contributed by atoms with Crippen LogP contribution < -0.4 is 5.73 Å². The van der Waals surface area contributed by atoms with Crippen LogP contribution in [0.5, 0.6) is 0 Å². The van der Waals surface area contributed by atoms with E-state index < -0.39 is 23.3 Å². The van der Waals surface area contributed by atoms with Crippen LogP contribution in [0, 0.1) is 5.41 Å². The van der Waals surface area contributed by atoms with E-state index >= 15 is 0 Å². The third-order valence-electron chi connectivity index (χ3n) is 4.03. The summed E-state index contributed by atoms with van der Waals surface area (Å²) in [4.78, 5) is 0. The maximum atomic E-state index is 12.5. The molecule has 0 spiro atoms. The van der Waals surface area contributed by atoms with Crippen molar-refractivity contribution in [1.82, 2.24) is 0 Å². The van der Waals surface area contributed by atoms with E-state index in [0.29, 0.717) is 31.6 Å². The number of hydrogen-bond donors (Lipinski definition) is 2. The van der Waals surface area contributed by atoms with Gasteiger partial charge in [-0.1, -0.05) is 12.1 Å². The Morgan fingerprint density at radius 2 is 1.75 bits per heavy atom. The van der Waals surface area contributed by atoms with Crippen molar-refractivity contribution < 1.29 is 23.0 Å². The van der Waals surface area contributed by atoms with Crippen LogP contribution in [0.3, 0.4) is 0 Å². The maximum Gasteiger partial charge on any atom is 0.416 e. The van der Waals surface area contributed by atoms with Gasteiger partial charge in [-0.05, 0) is 30.5 Å². The van der Waals surface area contributed by atoms with Crippen LogP contribution in [0.15, 0.2) is 24.3 Å². The molecule has 3 N–H and O–H groups in total. The second-order valence-corrected chi connectivity index (χ2v) is 5.20. The fraction of sp³-hybridized carbons (Fsp3) is 0.571. The molecule has 2 rings (SSSR count). The second kappa shape index (κ2) is 5.71. The third kappa shape index (κ3) is 2.97. The van der Waals surface area contributed by atoms with Gasteiger partial charge in [-0.15, -0.1) is 0 Å². The van der Waals surface area contributed by atoms with Gasteiger partial charge in [0.15, 0.2) is 0 Å². The van der Waals surface area contributed by atoms with E-state index in [0.717, 1.165) is 12.1 Å². The van der Waals surface area contributed by atoms with Gasteiger partial charge in [-0.25, -0.2) is 0 Å². The quantitative estimate of drug-likeness (QED) is 0.899. The molecular formula is C14H18F3NO2. The summed E-state index contributed by atoms with van der Waals surface area (Å²) in [7, 11) is 0. The molecule has 1 saturated heterocycles. The first-order chi connectivity index (χ1) is 9.39. The number of halogens is 3. The Hall–Kier alpha value is -1.11. The molecule has 1 atom stereocenters. The maximum absolute atomic E-state index is 12.5. The average Bonchev–Trinajstić information content (AvgIpc) is 2.46. The van der Waals surface area contributed by atoms with Crippen LogP contribution in [0.2, 0.25) is 0 Å². The molecule has 0 saturated carbocycles. The number of nitrogens with two attached hydrogens (primary N) is 1. The molecule has 1 aliphatic rings. The summed E-state index contributed by atoms with van der Waals surface area (Å²) in [5, 5.41) is 10.5. The van der Waals surface area contributed by atoms with Crippen LogP contribution in [0.1, 0.15) is 30.1 Å². The van der Waals surface area contributed by atoms with Gasteiger partial charge >= 0.3 is 6.18 Å². The summed E-state index contributed by atoms with van der Waals surface area (Å²) in [6.07, 6.45) is -4.04. The number of alkyl halides is 3. The van der Waals surface area contributed by atoms with Crippen LogP contribution in [0.25, 0.3) is 0 Å². The second-order valence-electron chi connectivity index (χ2n) is 5.20. The van der Waals surface area contributed by atoms with Gasteiger partial charge in [0.05, 0.1) is 11.7 Å². The summed E-state index contributed by atoms with van der Waals surface area (Å²) in [5.74, 6) is 0. The lowest BCUT2D eigenvalue weighted by Gasteiger charge is -2.40. The number of aliphatic hydroxyl groups is 1. The third-order valence-corrected chi connectivity index (χ3v) is 4.03. The summed E-state index contributed by atoms with van der Waals surface area (Å²) in [6, 6.07) is 4.62. The molecule has 0 amide bonds. The Morgan fingerprint density at radius 3 is 2.20 bits per heavy atom. The molecule has 3 nitrogen and oxygen atoms in total. The fourth-order valence-corrected chi connectivity index (χ4v) is 2.58. The lowest BCUT2D eigenvalue weighted by Crippen LogP contribution is -2.41. The summed E-state index contributed by atoms with van der Waals surface area (Å²) < 4.78 is 42.8. The average molecular weight is 289 g/mol. The van der Waals surface area contributed by atoms with Gasteiger partial charge < -0.3 is 15.6 Å². The number of ether oxygens (including phenoxy) is 1. The predicted molar refractivity (Wildman–Crippen MR) is 67.9 cm³/mol. The SMILES string of the molecule is NCC1(C(O)c2ccc(C(F)(F)F)cc2)CCOCC1. The van der Waals surface area contributed by atoms with E-state index in [1.165, 1.54) is 12.1 Å². The van der Waals surface area contributed by atoms with Crippen molar-refractivity contribution in [2.75, 3.05) is 19.8 Å². The van der Waals surface area contributed by atoms with Crippen molar-refractivity contribution in [2.24, 2.45) is 11.1 Å². The minimum absolute atomic E-state index is 0.276. The first-order valence-corrected chi connectivity index (χ1v) is 6.52. The normalized spacial score (nSPS) is 20.6. The molecule has 0 radical (unpaired) electrons. The minimum atomic E-state index is -4.37. The van der Waals surface area contributed by atoms with Gasteiger partial charge in [0, 0.05) is 25.2 Å². The minimum Gasteiger partial charge on any atom is -0.388 e. The standard InChI is InChI=1S/C14H18F3NO2/c15-14(16,17)11-3-1-10(2-4-11)12(19)13(9-18)5-7-20-8-6-13/h1-4,12,19H,5-9,18H2. The molecule has 0 aromatic heterocycles. The Bertz CT molecular complexity index is 439. The van der Waals surface area contributed by atoms with Gasteiger partial charge in [-0.2, -0.15) is 13.2 Å². The zero-order valence-corrected chi connectivity index (χ0v) is 11.0. The number of benzene rings is 1. The van der Waals surface area contributed by atoms with Gasteiger partial charge in [-0.3, -0.25) is 0 Å². The van der Waals surface area contributed by atoms with Crippen molar-refractivity contribution in [3.63, 3.8) is 0 Å². The zero-order chi connectivity index (χ0) is 14.8. The van der Waals surface area contributed by atoms with Gasteiger partial charge in [0.1, 0.15) is 0 Å². The van der Waals surface area contributed by atoms with Crippen molar-refractivity contribution in [1.29, 1.82) is 0 Å². The highest BCUT2D eigenvalue weighted by molar-refractivity contribution is 5.27. The highest BCUT2D eigenvalue weighted by atomic mass is 19.4. The molecule has 6 heteroatoms. The molecule has 1 heterocycles. The summed E-state index contributed by atoms with van der Waals surface area (Å²) in [5.41, 5.74) is 5.01. The van der Waals surface area contributed by atoms with E-state index in [1.54, 1.807) is 0 Å². The molecule has 1 aromatic rings. The summed E-state index contributed by atoms with van der Waals surface area (Å²) >= 11 is 0. The van der Waals surface area contributed by atoms with Crippen molar-refractivity contribution >= 4 is 0 Å². The van der Waals surface area contributed by atoms with E-state index in [1.807, 2.05) is 0 Å². The van der Waals surface area contributed by atoms with E-state index in [4.69, 9.17) is 10.5 Å². The monoisotopic (exact) mass is 289 g/mol. The first-order valence-electron chi connectivity index (χ1n) is 6.52. The Kier molecular flexibility index (Phi) is 4.36. The fourth-order valence-electron chi connectivity index (χ4n) is 2.58. The molecule has 1 aromatic carbocycles. The van der Waals surface area contributed by atoms with Crippen molar-refractivity contribution in [2.45, 2.75) is 25.1 Å². The lowest BCUT2D eigenvalue weighted by molar-refractivity contribution is -0.137.